The second kappa shape index (κ2) is 5.82. The molecule has 50 valence electrons. The predicted octanol–water partition coefficient (Wildman–Crippen LogP) is -0.627. The Morgan fingerprint density at radius 3 is 1.89 bits per heavy atom. The van der Waals surface area contributed by atoms with Gasteiger partial charge in [0.05, 0.1) is 0 Å². The second-order valence-corrected chi connectivity index (χ2v) is 1.98. The summed E-state index contributed by atoms with van der Waals surface area (Å²) in [6.45, 7) is 1.64. The van der Waals surface area contributed by atoms with Gasteiger partial charge in [-0.05, 0) is 21.0 Å². The second-order valence-electron chi connectivity index (χ2n) is 1.98. The Bertz CT molecular complexity index is 95.0. The Kier molecular flexibility index (Phi) is 8.23. The average Bonchev–Trinajstić information content (AvgIpc) is 1.64. The van der Waals surface area contributed by atoms with Gasteiger partial charge in [0.1, 0.15) is 6.04 Å². The Labute approximate surface area is 97.8 Å². The Hall–Kier alpha value is 1.07. The number of rotatable bonds is 2. The van der Waals surface area contributed by atoms with Crippen LogP contribution in [0.15, 0.2) is 0 Å². The van der Waals surface area contributed by atoms with Gasteiger partial charge in [-0.2, -0.15) is 0 Å². The van der Waals surface area contributed by atoms with Crippen molar-refractivity contribution in [1.29, 1.82) is 0 Å². The minimum atomic E-state index is -0.782. The molecule has 0 saturated heterocycles. The average molecular weight is 157 g/mol. The number of hydrogen-bond donors (Lipinski definition) is 1. The van der Waals surface area contributed by atoms with Gasteiger partial charge in [0.25, 0.3) is 0 Å². The van der Waals surface area contributed by atoms with Crippen molar-refractivity contribution >= 4 is 57.4 Å². The summed E-state index contributed by atoms with van der Waals surface area (Å²) in [5, 5.41) is 8.31. The van der Waals surface area contributed by atoms with E-state index in [1.165, 1.54) is 0 Å². The molecule has 0 rings (SSSR count). The van der Waals surface area contributed by atoms with E-state index in [-0.39, 0.29) is 57.4 Å². The third-order valence-electron chi connectivity index (χ3n) is 1.13. The molecular weight excluding hydrogens is 145 g/mol. The van der Waals surface area contributed by atoms with E-state index in [9.17, 15) is 4.79 Å². The topological polar surface area (TPSA) is 40.5 Å². The zero-order valence-electron chi connectivity index (χ0n) is 5.38. The third kappa shape index (κ3) is 5.51. The van der Waals surface area contributed by atoms with E-state index in [2.05, 4.69) is 0 Å². The quantitative estimate of drug-likeness (QED) is 0.543. The molecule has 0 aliphatic rings. The van der Waals surface area contributed by atoms with Crippen LogP contribution in [0.1, 0.15) is 6.92 Å². The van der Waals surface area contributed by atoms with Gasteiger partial charge in [-0.1, -0.05) is 0 Å². The van der Waals surface area contributed by atoms with E-state index in [4.69, 9.17) is 5.11 Å². The van der Waals surface area contributed by atoms with Crippen LogP contribution in [0.4, 0.5) is 0 Å². The Morgan fingerprint density at radius 1 is 1.56 bits per heavy atom. The SMILES string of the molecule is CC(C(=O)O)N(C)C.[KH]. The molecule has 0 heterocycles. The van der Waals surface area contributed by atoms with Gasteiger partial charge in [-0.15, -0.1) is 0 Å². The number of likely N-dealkylation sites (N-methyl/N-ethyl adjacent to an activating group) is 1. The summed E-state index contributed by atoms with van der Waals surface area (Å²) in [6, 6.07) is -0.380. The van der Waals surface area contributed by atoms with Crippen LogP contribution in [0.5, 0.6) is 0 Å². The van der Waals surface area contributed by atoms with Crippen LogP contribution in [0, 0.1) is 0 Å². The van der Waals surface area contributed by atoms with Crippen molar-refractivity contribution in [2.24, 2.45) is 0 Å². The Morgan fingerprint density at radius 2 is 1.89 bits per heavy atom. The molecule has 0 radical (unpaired) electrons. The van der Waals surface area contributed by atoms with Crippen LogP contribution in [0.25, 0.3) is 0 Å². The summed E-state index contributed by atoms with van der Waals surface area (Å²) >= 11 is 0. The summed E-state index contributed by atoms with van der Waals surface area (Å²) in [7, 11) is 3.47. The molecule has 0 bridgehead atoms. The van der Waals surface area contributed by atoms with E-state index in [1.807, 2.05) is 0 Å². The number of carbonyl (C=O) groups is 1. The molecule has 3 nitrogen and oxygen atoms in total. The monoisotopic (exact) mass is 157 g/mol. The first-order valence-electron chi connectivity index (χ1n) is 2.45. The third-order valence-corrected chi connectivity index (χ3v) is 1.13. The van der Waals surface area contributed by atoms with Crippen molar-refractivity contribution in [1.82, 2.24) is 4.90 Å². The van der Waals surface area contributed by atoms with E-state index < -0.39 is 5.97 Å². The van der Waals surface area contributed by atoms with Crippen LogP contribution in [0.3, 0.4) is 0 Å². The van der Waals surface area contributed by atoms with Gasteiger partial charge in [0.15, 0.2) is 0 Å². The molecule has 0 spiro atoms. The molecule has 0 aliphatic heterocycles. The first kappa shape index (κ1) is 12.7. The molecule has 0 aromatic heterocycles. The summed E-state index contributed by atoms with van der Waals surface area (Å²) < 4.78 is 0. The molecule has 4 heteroatoms. The van der Waals surface area contributed by atoms with Gasteiger partial charge in [0, 0.05) is 0 Å². The van der Waals surface area contributed by atoms with Crippen molar-refractivity contribution < 1.29 is 9.90 Å². The van der Waals surface area contributed by atoms with Gasteiger partial charge in [-0.25, -0.2) is 0 Å². The molecule has 1 unspecified atom stereocenters. The van der Waals surface area contributed by atoms with E-state index in [0.717, 1.165) is 0 Å². The van der Waals surface area contributed by atoms with Gasteiger partial charge in [-0.3, -0.25) is 9.69 Å². The molecule has 9 heavy (non-hydrogen) atoms. The number of nitrogens with zero attached hydrogens (tertiary/aromatic N) is 1. The summed E-state index contributed by atoms with van der Waals surface area (Å²) in [4.78, 5) is 11.7. The summed E-state index contributed by atoms with van der Waals surface area (Å²) in [5.41, 5.74) is 0. The van der Waals surface area contributed by atoms with Crippen LogP contribution in [-0.2, 0) is 4.79 Å². The molecular formula is C5H12KNO2. The number of carboxylic acid groups (broad SMARTS) is 1. The van der Waals surface area contributed by atoms with Crippen molar-refractivity contribution in [2.75, 3.05) is 14.1 Å². The molecule has 0 aromatic rings. The maximum absolute atomic E-state index is 10.1. The molecule has 1 atom stereocenters. The van der Waals surface area contributed by atoms with Gasteiger partial charge in [0.2, 0.25) is 0 Å². The molecule has 0 saturated carbocycles. The fraction of sp³-hybridized carbons (Fsp3) is 0.800. The maximum atomic E-state index is 10.1. The number of hydrogen-bond acceptors (Lipinski definition) is 2. The first-order chi connectivity index (χ1) is 3.55. The fourth-order valence-electron chi connectivity index (χ4n) is 0.221. The van der Waals surface area contributed by atoms with Crippen molar-refractivity contribution in [3.63, 3.8) is 0 Å². The zero-order valence-corrected chi connectivity index (χ0v) is 5.38. The van der Waals surface area contributed by atoms with Crippen LogP contribution < -0.4 is 0 Å². The summed E-state index contributed by atoms with van der Waals surface area (Å²) in [6.07, 6.45) is 0. The van der Waals surface area contributed by atoms with E-state index >= 15 is 0 Å². The predicted molar refractivity (Wildman–Crippen MR) is 37.9 cm³/mol. The molecule has 0 fully saturated rings. The molecule has 0 aliphatic carbocycles. The zero-order chi connectivity index (χ0) is 6.73. The standard InChI is InChI=1S/C5H11NO2.K.H/c1-4(5(7)8)6(2)3;;/h4H,1-3H3,(H,7,8);;. The van der Waals surface area contributed by atoms with Crippen molar-refractivity contribution in [3.05, 3.63) is 0 Å². The number of carboxylic acids is 1. The normalized spacial score (nSPS) is 12.4. The van der Waals surface area contributed by atoms with Crippen LogP contribution in [0.2, 0.25) is 0 Å². The molecule has 1 N–H and O–H groups in total. The van der Waals surface area contributed by atoms with E-state index in [0.29, 0.717) is 0 Å². The van der Waals surface area contributed by atoms with E-state index in [1.54, 1.807) is 25.9 Å². The Balaban J connectivity index is 0. The van der Waals surface area contributed by atoms with Crippen molar-refractivity contribution in [2.45, 2.75) is 13.0 Å². The van der Waals surface area contributed by atoms with Gasteiger partial charge >= 0.3 is 57.4 Å². The molecule has 0 amide bonds. The van der Waals surface area contributed by atoms with Gasteiger partial charge < -0.3 is 5.11 Å². The van der Waals surface area contributed by atoms with Crippen molar-refractivity contribution in [3.8, 4) is 0 Å². The first-order valence-corrected chi connectivity index (χ1v) is 2.45. The summed E-state index contributed by atoms with van der Waals surface area (Å²) in [5.74, 6) is -0.782. The van der Waals surface area contributed by atoms with Crippen LogP contribution in [-0.4, -0.2) is 87.5 Å². The molecule has 0 aromatic carbocycles. The van der Waals surface area contributed by atoms with Crippen LogP contribution >= 0.6 is 0 Å². The minimum absolute atomic E-state index is 0. The number of aliphatic carboxylic acids is 1. The fourth-order valence-corrected chi connectivity index (χ4v) is 0.221.